The Morgan fingerprint density at radius 3 is 2.95 bits per heavy atom. The molecule has 0 aromatic carbocycles. The monoisotopic (exact) mass is 508 g/mol. The highest BCUT2D eigenvalue weighted by atomic mass is 32.1. The van der Waals surface area contributed by atoms with Gasteiger partial charge in [-0.3, -0.25) is 4.98 Å². The van der Waals surface area contributed by atoms with E-state index in [0.717, 1.165) is 52.7 Å². The number of pyridine rings is 1. The second kappa shape index (κ2) is 9.39. The van der Waals surface area contributed by atoms with Gasteiger partial charge >= 0.3 is 0 Å². The molecule has 2 atom stereocenters. The zero-order valence-electron chi connectivity index (χ0n) is 21.7. The first-order valence-corrected chi connectivity index (χ1v) is 13.7. The Labute approximate surface area is 222 Å². The normalized spacial score (nSPS) is 22.5. The van der Waals surface area contributed by atoms with Crippen molar-refractivity contribution in [2.24, 2.45) is 11.0 Å². The molecule has 4 heterocycles. The van der Waals surface area contributed by atoms with Crippen LogP contribution < -0.4 is 5.43 Å². The maximum absolute atomic E-state index is 5.01. The minimum atomic E-state index is -0.136. The maximum Gasteiger partial charge on any atom is 0.159 e. The number of aromatic amines is 1. The third kappa shape index (κ3) is 4.43. The first-order chi connectivity index (χ1) is 17.9. The topological polar surface area (TPSA) is 69.2 Å². The molecule has 0 saturated heterocycles. The van der Waals surface area contributed by atoms with Gasteiger partial charge in [0.05, 0.1) is 23.6 Å². The molecule has 2 aliphatic carbocycles. The first kappa shape index (κ1) is 23.8. The van der Waals surface area contributed by atoms with Crippen LogP contribution in [0.5, 0.6) is 0 Å². The van der Waals surface area contributed by atoms with Gasteiger partial charge in [0.2, 0.25) is 0 Å². The summed E-state index contributed by atoms with van der Waals surface area (Å²) in [5.74, 6) is 1.12. The summed E-state index contributed by atoms with van der Waals surface area (Å²) in [6, 6.07) is 4.44. The van der Waals surface area contributed by atoms with Crippen LogP contribution in [0.25, 0.3) is 11.6 Å². The zero-order chi connectivity index (χ0) is 25.6. The van der Waals surface area contributed by atoms with Crippen molar-refractivity contribution >= 4 is 28.7 Å². The van der Waals surface area contributed by atoms with Gasteiger partial charge in [-0.15, -0.1) is 0 Å². The lowest BCUT2D eigenvalue weighted by molar-refractivity contribution is 0.449. The average Bonchev–Trinajstić information content (AvgIpc) is 3.54. The largest absolute Gasteiger partial charge is 0.339 e. The van der Waals surface area contributed by atoms with Gasteiger partial charge in [0.15, 0.2) is 5.82 Å². The molecule has 0 bridgehead atoms. The summed E-state index contributed by atoms with van der Waals surface area (Å²) >= 11 is 1.73. The predicted molar refractivity (Wildman–Crippen MR) is 153 cm³/mol. The van der Waals surface area contributed by atoms with E-state index in [1.54, 1.807) is 11.3 Å². The highest BCUT2D eigenvalue weighted by Gasteiger charge is 2.36. The number of allylic oxidation sites excluding steroid dienone is 5. The maximum atomic E-state index is 5.01. The minimum absolute atomic E-state index is 0.136. The van der Waals surface area contributed by atoms with Crippen molar-refractivity contribution in [2.75, 3.05) is 20.6 Å². The van der Waals surface area contributed by atoms with Gasteiger partial charge in [-0.2, -0.15) is 16.4 Å². The van der Waals surface area contributed by atoms with Crippen molar-refractivity contribution < 1.29 is 0 Å². The van der Waals surface area contributed by atoms with Gasteiger partial charge in [0.25, 0.3) is 0 Å². The summed E-state index contributed by atoms with van der Waals surface area (Å²) in [5, 5.41) is 9.11. The summed E-state index contributed by atoms with van der Waals surface area (Å²) in [6.07, 6.45) is 16.4. The molecule has 2 N–H and O–H groups in total. The number of imidazole rings is 1. The highest BCUT2D eigenvalue weighted by molar-refractivity contribution is 7.08. The summed E-state index contributed by atoms with van der Waals surface area (Å²) in [4.78, 5) is 15.7. The van der Waals surface area contributed by atoms with Crippen LogP contribution in [-0.4, -0.2) is 46.2 Å². The lowest BCUT2D eigenvalue weighted by atomic mass is 9.75. The second-order valence-corrected chi connectivity index (χ2v) is 11.4. The number of hydrogen-bond acceptors (Lipinski definition) is 6. The van der Waals surface area contributed by atoms with Crippen molar-refractivity contribution in [3.05, 3.63) is 105 Å². The molecule has 1 aliphatic heterocycles. The number of hydrazone groups is 1. The number of hydrogen-bond donors (Lipinski definition) is 2. The average molecular weight is 509 g/mol. The molecule has 6 nitrogen and oxygen atoms in total. The van der Waals surface area contributed by atoms with Crippen LogP contribution in [0.15, 0.2) is 70.1 Å². The Morgan fingerprint density at radius 1 is 1.24 bits per heavy atom. The van der Waals surface area contributed by atoms with Gasteiger partial charge in [0.1, 0.15) is 5.71 Å². The van der Waals surface area contributed by atoms with Gasteiger partial charge in [0, 0.05) is 29.3 Å². The number of fused-ring (bicyclic) bond motifs is 2. The van der Waals surface area contributed by atoms with Crippen LogP contribution >= 0.6 is 11.3 Å². The molecule has 0 spiro atoms. The van der Waals surface area contributed by atoms with E-state index in [1.165, 1.54) is 16.7 Å². The van der Waals surface area contributed by atoms with E-state index >= 15 is 0 Å². The molecule has 0 saturated carbocycles. The van der Waals surface area contributed by atoms with Crippen LogP contribution in [0.2, 0.25) is 0 Å². The van der Waals surface area contributed by atoms with Crippen molar-refractivity contribution in [3.63, 3.8) is 0 Å². The van der Waals surface area contributed by atoms with E-state index in [2.05, 4.69) is 103 Å². The van der Waals surface area contributed by atoms with E-state index < -0.39 is 0 Å². The molecule has 3 aliphatic rings. The van der Waals surface area contributed by atoms with Gasteiger partial charge < -0.3 is 15.3 Å². The number of nitrogens with one attached hydrogen (secondary N) is 2. The van der Waals surface area contributed by atoms with Crippen LogP contribution in [0.4, 0.5) is 0 Å². The first-order valence-electron chi connectivity index (χ1n) is 12.8. The van der Waals surface area contributed by atoms with E-state index in [-0.39, 0.29) is 5.41 Å². The Bertz CT molecular complexity index is 1480. The standard InChI is InChI=1S/C30H32N6S/c1-19-7-8-20(17-36(3)4)13-21(12-19)22-14-24-26(31-15-22)16-32-35-27(24)29-33-25-6-5-10-30(2,28(25)34-29)23-9-11-37-18-23/h5-9,11-15,18-19,32H,10,16-17H2,1-4H3,(H,33,34)/t19-,30?/m0/s1. The summed E-state index contributed by atoms with van der Waals surface area (Å²) in [6.45, 7) is 6.00. The highest BCUT2D eigenvalue weighted by Crippen LogP contribution is 2.41. The third-order valence-corrected chi connectivity index (χ3v) is 8.04. The summed E-state index contributed by atoms with van der Waals surface area (Å²) in [7, 11) is 4.20. The molecule has 7 heteroatoms. The van der Waals surface area contributed by atoms with E-state index in [0.29, 0.717) is 12.5 Å². The number of thiophene rings is 1. The molecular formula is C30H32N6S. The Balaban J connectivity index is 1.40. The smallest absolute Gasteiger partial charge is 0.159 e. The fourth-order valence-corrected chi connectivity index (χ4v) is 6.16. The lowest BCUT2D eigenvalue weighted by Gasteiger charge is -2.29. The lowest BCUT2D eigenvalue weighted by Crippen LogP contribution is -2.26. The fraction of sp³-hybridized carbons (Fsp3) is 0.300. The summed E-state index contributed by atoms with van der Waals surface area (Å²) < 4.78 is 0. The molecule has 3 aromatic rings. The van der Waals surface area contributed by atoms with Gasteiger partial charge in [-0.05, 0) is 79.0 Å². The van der Waals surface area contributed by atoms with Gasteiger partial charge in [-0.1, -0.05) is 37.3 Å². The predicted octanol–water partition coefficient (Wildman–Crippen LogP) is 5.52. The minimum Gasteiger partial charge on any atom is -0.339 e. The van der Waals surface area contributed by atoms with Gasteiger partial charge in [-0.25, -0.2) is 4.98 Å². The van der Waals surface area contributed by atoms with Crippen LogP contribution in [0.1, 0.15) is 59.9 Å². The number of aromatic nitrogens is 3. The molecule has 0 fully saturated rings. The van der Waals surface area contributed by atoms with Crippen LogP contribution in [0.3, 0.4) is 0 Å². The Hall–Kier alpha value is -3.55. The van der Waals surface area contributed by atoms with Crippen molar-refractivity contribution in [3.8, 4) is 0 Å². The summed E-state index contributed by atoms with van der Waals surface area (Å²) in [5.41, 5.74) is 12.9. The molecule has 37 heavy (non-hydrogen) atoms. The van der Waals surface area contributed by atoms with Crippen molar-refractivity contribution in [2.45, 2.75) is 32.2 Å². The number of likely N-dealkylation sites (N-methyl/N-ethyl adjacent to an activating group) is 1. The van der Waals surface area contributed by atoms with E-state index in [4.69, 9.17) is 15.1 Å². The molecule has 0 radical (unpaired) electrons. The van der Waals surface area contributed by atoms with Crippen LogP contribution in [-0.2, 0) is 12.0 Å². The molecule has 1 unspecified atom stereocenters. The van der Waals surface area contributed by atoms with E-state index in [1.807, 2.05) is 6.20 Å². The number of nitrogens with zero attached hydrogens (tertiary/aromatic N) is 4. The second-order valence-electron chi connectivity index (χ2n) is 10.6. The molecule has 3 aromatic heterocycles. The molecule has 188 valence electrons. The molecular weight excluding hydrogens is 476 g/mol. The van der Waals surface area contributed by atoms with Crippen molar-refractivity contribution in [1.82, 2.24) is 25.3 Å². The van der Waals surface area contributed by atoms with Crippen LogP contribution in [0, 0.1) is 5.92 Å². The molecule has 6 rings (SSSR count). The zero-order valence-corrected chi connectivity index (χ0v) is 22.6. The Morgan fingerprint density at radius 2 is 2.14 bits per heavy atom. The Kier molecular flexibility index (Phi) is 6.05. The van der Waals surface area contributed by atoms with Crippen molar-refractivity contribution in [1.29, 1.82) is 0 Å². The SMILES string of the molecule is C[C@H]1C=CC(CN(C)C)=CC(c2cnc3c(c2)C(c2nc4c([nH]2)C(C)(c2ccsc2)CC=C4)=NNC3)=C1. The van der Waals surface area contributed by atoms with E-state index in [9.17, 15) is 0 Å². The number of rotatable bonds is 5. The quantitative estimate of drug-likeness (QED) is 0.476. The molecule has 0 amide bonds. The fourth-order valence-electron chi connectivity index (χ4n) is 5.37. The number of H-pyrrole nitrogens is 1. The third-order valence-electron chi connectivity index (χ3n) is 7.36.